The Hall–Kier alpha value is -1.98. The van der Waals surface area contributed by atoms with E-state index in [4.69, 9.17) is 5.11 Å². The molecular formula is C17H19F2NO3. The van der Waals surface area contributed by atoms with E-state index in [1.165, 1.54) is 18.2 Å². The SMILES string of the molecule is O=C(O)C1CCC(NC(=O)[C@@H]2C[C@@H]2c2c(F)cccc2F)CC1. The van der Waals surface area contributed by atoms with Crippen LogP contribution in [0, 0.1) is 23.5 Å². The Morgan fingerprint density at radius 2 is 1.70 bits per heavy atom. The molecule has 0 spiro atoms. The van der Waals surface area contributed by atoms with Gasteiger partial charge < -0.3 is 10.4 Å². The van der Waals surface area contributed by atoms with E-state index in [-0.39, 0.29) is 23.4 Å². The van der Waals surface area contributed by atoms with Crippen molar-refractivity contribution in [2.75, 3.05) is 0 Å². The number of carbonyl (C=O) groups is 2. The van der Waals surface area contributed by atoms with Crippen molar-refractivity contribution < 1.29 is 23.5 Å². The summed E-state index contributed by atoms with van der Waals surface area (Å²) in [6, 6.07) is 3.69. The van der Waals surface area contributed by atoms with Gasteiger partial charge in [0.15, 0.2) is 0 Å². The van der Waals surface area contributed by atoms with E-state index in [0.717, 1.165) is 0 Å². The molecule has 0 bridgehead atoms. The number of carboxylic acids is 1. The Balaban J connectivity index is 1.54. The average molecular weight is 323 g/mol. The van der Waals surface area contributed by atoms with E-state index in [2.05, 4.69) is 5.32 Å². The molecule has 2 N–H and O–H groups in total. The minimum absolute atomic E-state index is 0.00207. The van der Waals surface area contributed by atoms with Crippen LogP contribution >= 0.6 is 0 Å². The van der Waals surface area contributed by atoms with E-state index in [9.17, 15) is 18.4 Å². The van der Waals surface area contributed by atoms with Gasteiger partial charge in [-0.15, -0.1) is 0 Å². The first-order valence-corrected chi connectivity index (χ1v) is 7.94. The van der Waals surface area contributed by atoms with Gasteiger partial charge in [0.1, 0.15) is 11.6 Å². The Morgan fingerprint density at radius 1 is 1.09 bits per heavy atom. The molecule has 2 saturated carbocycles. The quantitative estimate of drug-likeness (QED) is 0.895. The molecule has 0 aliphatic heterocycles. The van der Waals surface area contributed by atoms with Crippen LogP contribution in [0.1, 0.15) is 43.6 Å². The number of hydrogen-bond donors (Lipinski definition) is 2. The zero-order chi connectivity index (χ0) is 16.6. The molecule has 0 heterocycles. The summed E-state index contributed by atoms with van der Waals surface area (Å²) in [5.41, 5.74) is 0.00207. The molecule has 1 aromatic carbocycles. The monoisotopic (exact) mass is 323 g/mol. The maximum Gasteiger partial charge on any atom is 0.306 e. The number of carboxylic acid groups (broad SMARTS) is 1. The molecule has 4 nitrogen and oxygen atoms in total. The van der Waals surface area contributed by atoms with Crippen molar-refractivity contribution in [3.63, 3.8) is 0 Å². The fourth-order valence-corrected chi connectivity index (χ4v) is 3.46. The highest BCUT2D eigenvalue weighted by molar-refractivity contribution is 5.83. The third-order valence-electron chi connectivity index (χ3n) is 4.92. The van der Waals surface area contributed by atoms with Gasteiger partial charge in [-0.3, -0.25) is 9.59 Å². The van der Waals surface area contributed by atoms with Crippen molar-refractivity contribution in [3.05, 3.63) is 35.4 Å². The zero-order valence-corrected chi connectivity index (χ0v) is 12.6. The number of rotatable bonds is 4. The van der Waals surface area contributed by atoms with E-state index in [1.54, 1.807) is 0 Å². The summed E-state index contributed by atoms with van der Waals surface area (Å²) in [5.74, 6) is -3.29. The number of benzene rings is 1. The van der Waals surface area contributed by atoms with Crippen molar-refractivity contribution in [2.24, 2.45) is 11.8 Å². The van der Waals surface area contributed by atoms with Crippen molar-refractivity contribution in [1.29, 1.82) is 0 Å². The fraction of sp³-hybridized carbons (Fsp3) is 0.529. The first-order chi connectivity index (χ1) is 11.0. The Bertz CT molecular complexity index is 606. The second kappa shape index (κ2) is 6.26. The highest BCUT2D eigenvalue weighted by Gasteiger charge is 2.47. The van der Waals surface area contributed by atoms with Gasteiger partial charge in [-0.1, -0.05) is 6.07 Å². The van der Waals surface area contributed by atoms with Crippen LogP contribution in [-0.4, -0.2) is 23.0 Å². The molecule has 2 aliphatic rings. The molecule has 6 heteroatoms. The van der Waals surface area contributed by atoms with Crippen molar-refractivity contribution in [1.82, 2.24) is 5.32 Å². The lowest BCUT2D eigenvalue weighted by Crippen LogP contribution is -2.39. The van der Waals surface area contributed by atoms with Crippen LogP contribution in [0.3, 0.4) is 0 Å². The Labute approximate surface area is 132 Å². The number of amides is 1. The molecule has 0 saturated heterocycles. The minimum atomic E-state index is -0.785. The first-order valence-electron chi connectivity index (χ1n) is 7.94. The number of halogens is 2. The van der Waals surface area contributed by atoms with Gasteiger partial charge in [0.2, 0.25) is 5.91 Å². The number of aliphatic carboxylic acids is 1. The summed E-state index contributed by atoms with van der Waals surface area (Å²) in [5, 5.41) is 11.9. The second-order valence-electron chi connectivity index (χ2n) is 6.48. The molecule has 2 atom stereocenters. The van der Waals surface area contributed by atoms with Crippen molar-refractivity contribution >= 4 is 11.9 Å². The number of nitrogens with one attached hydrogen (secondary N) is 1. The Kier molecular flexibility index (Phi) is 4.33. The lowest BCUT2D eigenvalue weighted by molar-refractivity contribution is -0.142. The molecule has 2 aliphatic carbocycles. The van der Waals surface area contributed by atoms with E-state index < -0.39 is 29.4 Å². The van der Waals surface area contributed by atoms with E-state index >= 15 is 0 Å². The topological polar surface area (TPSA) is 66.4 Å². The average Bonchev–Trinajstić information content (AvgIpc) is 3.28. The highest BCUT2D eigenvalue weighted by atomic mass is 19.1. The van der Waals surface area contributed by atoms with Gasteiger partial charge in [0.25, 0.3) is 0 Å². The van der Waals surface area contributed by atoms with E-state index in [1.807, 2.05) is 0 Å². The van der Waals surface area contributed by atoms with Crippen LogP contribution in [0.15, 0.2) is 18.2 Å². The van der Waals surface area contributed by atoms with Gasteiger partial charge in [0.05, 0.1) is 5.92 Å². The first kappa shape index (κ1) is 15.9. The van der Waals surface area contributed by atoms with Crippen LogP contribution in [0.25, 0.3) is 0 Å². The number of hydrogen-bond acceptors (Lipinski definition) is 2. The molecule has 2 fully saturated rings. The lowest BCUT2D eigenvalue weighted by Gasteiger charge is -2.26. The summed E-state index contributed by atoms with van der Waals surface area (Å²) in [6.45, 7) is 0. The normalized spacial score (nSPS) is 29.8. The minimum Gasteiger partial charge on any atom is -0.481 e. The molecule has 23 heavy (non-hydrogen) atoms. The smallest absolute Gasteiger partial charge is 0.306 e. The second-order valence-corrected chi connectivity index (χ2v) is 6.48. The summed E-state index contributed by atoms with van der Waals surface area (Å²) < 4.78 is 27.5. The third-order valence-corrected chi connectivity index (χ3v) is 4.92. The van der Waals surface area contributed by atoms with Crippen LogP contribution in [-0.2, 0) is 9.59 Å². The van der Waals surface area contributed by atoms with Crippen LogP contribution in [0.5, 0.6) is 0 Å². The standard InChI is InChI=1S/C17H19F2NO3/c18-13-2-1-3-14(19)15(13)11-8-12(11)16(21)20-10-6-4-9(5-7-10)17(22)23/h1-3,9-12H,4-8H2,(H,20,21)(H,22,23)/t9?,10?,11-,12+/m0/s1. The van der Waals surface area contributed by atoms with Crippen molar-refractivity contribution in [3.8, 4) is 0 Å². The molecule has 1 aromatic rings. The molecule has 0 radical (unpaired) electrons. The molecule has 3 rings (SSSR count). The largest absolute Gasteiger partial charge is 0.481 e. The molecular weight excluding hydrogens is 304 g/mol. The maximum atomic E-state index is 13.7. The maximum absolute atomic E-state index is 13.7. The summed E-state index contributed by atoms with van der Waals surface area (Å²) in [4.78, 5) is 23.1. The Morgan fingerprint density at radius 3 is 2.26 bits per heavy atom. The van der Waals surface area contributed by atoms with Gasteiger partial charge in [-0.25, -0.2) is 8.78 Å². The van der Waals surface area contributed by atoms with Gasteiger partial charge in [0, 0.05) is 23.4 Å². The summed E-state index contributed by atoms with van der Waals surface area (Å²) >= 11 is 0. The summed E-state index contributed by atoms with van der Waals surface area (Å²) in [7, 11) is 0. The van der Waals surface area contributed by atoms with Crippen LogP contribution < -0.4 is 5.32 Å². The van der Waals surface area contributed by atoms with Gasteiger partial charge in [-0.2, -0.15) is 0 Å². The van der Waals surface area contributed by atoms with Gasteiger partial charge in [-0.05, 0) is 44.2 Å². The van der Waals surface area contributed by atoms with Crippen molar-refractivity contribution in [2.45, 2.75) is 44.1 Å². The lowest BCUT2D eigenvalue weighted by atomic mass is 9.86. The van der Waals surface area contributed by atoms with Gasteiger partial charge >= 0.3 is 5.97 Å². The molecule has 124 valence electrons. The molecule has 0 unspecified atom stereocenters. The predicted molar refractivity (Wildman–Crippen MR) is 78.7 cm³/mol. The highest BCUT2D eigenvalue weighted by Crippen LogP contribution is 2.49. The molecule has 1 amide bonds. The zero-order valence-electron chi connectivity index (χ0n) is 12.6. The third kappa shape index (κ3) is 3.35. The fourth-order valence-electron chi connectivity index (χ4n) is 3.46. The predicted octanol–water partition coefficient (Wildman–Crippen LogP) is 2.83. The van der Waals surface area contributed by atoms with Crippen LogP contribution in [0.2, 0.25) is 0 Å². The van der Waals surface area contributed by atoms with Crippen LogP contribution in [0.4, 0.5) is 8.78 Å². The number of carbonyl (C=O) groups excluding carboxylic acids is 1. The molecule has 0 aromatic heterocycles. The summed E-state index contributed by atoms with van der Waals surface area (Å²) in [6.07, 6.45) is 2.82. The van der Waals surface area contributed by atoms with E-state index in [0.29, 0.717) is 32.1 Å².